The van der Waals surface area contributed by atoms with E-state index in [-0.39, 0.29) is 5.91 Å². The third kappa shape index (κ3) is 3.74. The van der Waals surface area contributed by atoms with E-state index in [1.807, 2.05) is 18.2 Å². The van der Waals surface area contributed by atoms with E-state index < -0.39 is 5.97 Å². The molecule has 1 heterocycles. The largest absolute Gasteiger partial charge is 0.493 e. The van der Waals surface area contributed by atoms with Crippen LogP contribution in [0.4, 0.5) is 5.69 Å². The van der Waals surface area contributed by atoms with Crippen LogP contribution in [-0.2, 0) is 22.4 Å². The average Bonchev–Trinajstić information content (AvgIpc) is 2.61. The number of carbonyl (C=O) groups excluding carboxylic acids is 2. The van der Waals surface area contributed by atoms with E-state index in [0.29, 0.717) is 17.7 Å². The van der Waals surface area contributed by atoms with Crippen LogP contribution in [0.5, 0.6) is 5.75 Å². The lowest BCUT2D eigenvalue weighted by atomic mass is 10.0. The summed E-state index contributed by atoms with van der Waals surface area (Å²) in [4.78, 5) is 23.6. The zero-order valence-electron chi connectivity index (χ0n) is 13.5. The van der Waals surface area contributed by atoms with Crippen LogP contribution in [0.15, 0.2) is 42.5 Å². The van der Waals surface area contributed by atoms with Crippen molar-refractivity contribution in [3.63, 3.8) is 0 Å². The zero-order chi connectivity index (χ0) is 16.9. The molecule has 0 radical (unpaired) electrons. The number of esters is 1. The summed E-state index contributed by atoms with van der Waals surface area (Å²) in [6.07, 6.45) is 2.29. The van der Waals surface area contributed by atoms with Gasteiger partial charge in [-0.3, -0.25) is 4.79 Å². The van der Waals surface area contributed by atoms with Crippen molar-refractivity contribution in [2.75, 3.05) is 19.0 Å². The highest BCUT2D eigenvalue weighted by atomic mass is 16.5. The number of carbonyl (C=O) groups is 2. The zero-order valence-corrected chi connectivity index (χ0v) is 13.5. The fourth-order valence-electron chi connectivity index (χ4n) is 2.72. The molecule has 1 aliphatic heterocycles. The molecule has 2 aromatic rings. The third-order valence-electron chi connectivity index (χ3n) is 3.93. The summed E-state index contributed by atoms with van der Waals surface area (Å²) in [6, 6.07) is 12.5. The second-order valence-electron chi connectivity index (χ2n) is 5.69. The van der Waals surface area contributed by atoms with E-state index in [0.717, 1.165) is 36.3 Å². The summed E-state index contributed by atoms with van der Waals surface area (Å²) in [5, 5.41) is 2.83. The second-order valence-corrected chi connectivity index (χ2v) is 5.69. The van der Waals surface area contributed by atoms with E-state index in [2.05, 4.69) is 10.1 Å². The standard InChI is InChI=1S/C19H19NO4/c1-23-19(22)14-5-7-16(8-6-14)20-18(21)12-13-4-9-17-15(11-13)3-2-10-24-17/h4-9,11H,2-3,10,12H2,1H3,(H,20,21). The Hall–Kier alpha value is -2.82. The molecule has 0 fully saturated rings. The topological polar surface area (TPSA) is 64.6 Å². The number of rotatable bonds is 4. The Kier molecular flexibility index (Phi) is 4.79. The Labute approximate surface area is 140 Å². The Balaban J connectivity index is 1.62. The maximum absolute atomic E-state index is 12.2. The van der Waals surface area contributed by atoms with Gasteiger partial charge < -0.3 is 14.8 Å². The molecule has 3 rings (SSSR count). The number of nitrogens with one attached hydrogen (secondary N) is 1. The number of fused-ring (bicyclic) bond motifs is 1. The first kappa shape index (κ1) is 16.1. The molecule has 124 valence electrons. The van der Waals surface area contributed by atoms with Gasteiger partial charge in [-0.2, -0.15) is 0 Å². The van der Waals surface area contributed by atoms with E-state index in [4.69, 9.17) is 4.74 Å². The monoisotopic (exact) mass is 325 g/mol. The number of hydrogen-bond acceptors (Lipinski definition) is 4. The van der Waals surface area contributed by atoms with Crippen molar-refractivity contribution in [3.8, 4) is 5.75 Å². The van der Waals surface area contributed by atoms with Gasteiger partial charge in [0.15, 0.2) is 0 Å². The van der Waals surface area contributed by atoms with Gasteiger partial charge in [0.05, 0.1) is 25.7 Å². The molecule has 5 heteroatoms. The first-order valence-corrected chi connectivity index (χ1v) is 7.88. The van der Waals surface area contributed by atoms with Gasteiger partial charge in [0.1, 0.15) is 5.75 Å². The molecule has 0 bridgehead atoms. The maximum atomic E-state index is 12.2. The molecule has 0 saturated heterocycles. The minimum atomic E-state index is -0.399. The lowest BCUT2D eigenvalue weighted by molar-refractivity contribution is -0.115. The van der Waals surface area contributed by atoms with Crippen molar-refractivity contribution in [1.82, 2.24) is 0 Å². The summed E-state index contributed by atoms with van der Waals surface area (Å²) < 4.78 is 10.2. The van der Waals surface area contributed by atoms with Crippen LogP contribution in [0.1, 0.15) is 27.9 Å². The lowest BCUT2D eigenvalue weighted by Crippen LogP contribution is -2.15. The highest BCUT2D eigenvalue weighted by molar-refractivity contribution is 5.94. The number of methoxy groups -OCH3 is 1. The molecule has 0 spiro atoms. The molecule has 0 aromatic heterocycles. The molecular formula is C19H19NO4. The fraction of sp³-hybridized carbons (Fsp3) is 0.263. The van der Waals surface area contributed by atoms with Crippen LogP contribution >= 0.6 is 0 Å². The van der Waals surface area contributed by atoms with Gasteiger partial charge in [-0.05, 0) is 54.3 Å². The first-order valence-electron chi connectivity index (χ1n) is 7.88. The molecule has 24 heavy (non-hydrogen) atoms. The number of ether oxygens (including phenoxy) is 2. The van der Waals surface area contributed by atoms with Crippen LogP contribution in [0.2, 0.25) is 0 Å². The average molecular weight is 325 g/mol. The van der Waals surface area contributed by atoms with E-state index in [1.165, 1.54) is 7.11 Å². The predicted molar refractivity (Wildman–Crippen MR) is 90.4 cm³/mol. The molecule has 1 aliphatic rings. The third-order valence-corrected chi connectivity index (χ3v) is 3.93. The minimum Gasteiger partial charge on any atom is -0.493 e. The normalized spacial score (nSPS) is 12.7. The number of hydrogen-bond donors (Lipinski definition) is 1. The fourth-order valence-corrected chi connectivity index (χ4v) is 2.72. The molecule has 1 amide bonds. The van der Waals surface area contributed by atoms with E-state index in [9.17, 15) is 9.59 Å². The summed E-state index contributed by atoms with van der Waals surface area (Å²) in [7, 11) is 1.33. The molecular weight excluding hydrogens is 306 g/mol. The Morgan fingerprint density at radius 1 is 1.17 bits per heavy atom. The smallest absolute Gasteiger partial charge is 0.337 e. The Morgan fingerprint density at radius 3 is 2.71 bits per heavy atom. The second kappa shape index (κ2) is 7.17. The van der Waals surface area contributed by atoms with Crippen molar-refractivity contribution >= 4 is 17.6 Å². The highest BCUT2D eigenvalue weighted by Crippen LogP contribution is 2.25. The maximum Gasteiger partial charge on any atom is 0.337 e. The van der Waals surface area contributed by atoms with E-state index in [1.54, 1.807) is 24.3 Å². The van der Waals surface area contributed by atoms with Crippen molar-refractivity contribution in [2.24, 2.45) is 0 Å². The van der Waals surface area contributed by atoms with Crippen molar-refractivity contribution in [2.45, 2.75) is 19.3 Å². The van der Waals surface area contributed by atoms with Crippen LogP contribution in [0.25, 0.3) is 0 Å². The van der Waals surface area contributed by atoms with Gasteiger partial charge >= 0.3 is 5.97 Å². The molecule has 1 N–H and O–H groups in total. The van der Waals surface area contributed by atoms with Gasteiger partial charge in [-0.1, -0.05) is 12.1 Å². The molecule has 0 atom stereocenters. The molecule has 0 saturated carbocycles. The number of aryl methyl sites for hydroxylation is 1. The van der Waals surface area contributed by atoms with Crippen LogP contribution < -0.4 is 10.1 Å². The summed E-state index contributed by atoms with van der Waals surface area (Å²) in [5.74, 6) is 0.422. The van der Waals surface area contributed by atoms with Crippen LogP contribution in [-0.4, -0.2) is 25.6 Å². The summed E-state index contributed by atoms with van der Waals surface area (Å²) in [5.41, 5.74) is 3.22. The van der Waals surface area contributed by atoms with Gasteiger partial charge in [-0.25, -0.2) is 4.79 Å². The van der Waals surface area contributed by atoms with Gasteiger partial charge in [0.25, 0.3) is 0 Å². The van der Waals surface area contributed by atoms with Crippen molar-refractivity contribution < 1.29 is 19.1 Å². The summed E-state index contributed by atoms with van der Waals surface area (Å²) >= 11 is 0. The van der Waals surface area contributed by atoms with Crippen molar-refractivity contribution in [3.05, 3.63) is 59.2 Å². The molecule has 0 unspecified atom stereocenters. The molecule has 0 aliphatic carbocycles. The quantitative estimate of drug-likeness (QED) is 0.878. The van der Waals surface area contributed by atoms with Gasteiger partial charge in [-0.15, -0.1) is 0 Å². The predicted octanol–water partition coefficient (Wildman–Crippen LogP) is 2.98. The SMILES string of the molecule is COC(=O)c1ccc(NC(=O)Cc2ccc3c(c2)CCCO3)cc1. The number of anilines is 1. The minimum absolute atomic E-state index is 0.0995. The van der Waals surface area contributed by atoms with Crippen LogP contribution in [0, 0.1) is 0 Å². The lowest BCUT2D eigenvalue weighted by Gasteiger charge is -2.17. The highest BCUT2D eigenvalue weighted by Gasteiger charge is 2.12. The van der Waals surface area contributed by atoms with Crippen LogP contribution in [0.3, 0.4) is 0 Å². The van der Waals surface area contributed by atoms with Gasteiger partial charge in [0, 0.05) is 5.69 Å². The van der Waals surface area contributed by atoms with E-state index >= 15 is 0 Å². The Morgan fingerprint density at radius 2 is 1.96 bits per heavy atom. The number of benzene rings is 2. The molecule has 2 aromatic carbocycles. The van der Waals surface area contributed by atoms with Crippen molar-refractivity contribution in [1.29, 1.82) is 0 Å². The first-order chi connectivity index (χ1) is 11.7. The number of amides is 1. The van der Waals surface area contributed by atoms with Gasteiger partial charge in [0.2, 0.25) is 5.91 Å². The Bertz CT molecular complexity index is 752. The molecule has 5 nitrogen and oxygen atoms in total. The summed E-state index contributed by atoms with van der Waals surface area (Å²) in [6.45, 7) is 0.758.